The minimum Gasteiger partial charge on any atom is -0.488 e. The highest BCUT2D eigenvalue weighted by molar-refractivity contribution is 6.10. The summed E-state index contributed by atoms with van der Waals surface area (Å²) in [6, 6.07) is 14.8. The SMILES string of the molecule is COC(=O)c1cc(-c2ccccc2)ccc1NC(=O)C1=Cc2c(C)c(OC(C)=O)c(C)c(C)c2OC1. The van der Waals surface area contributed by atoms with Crippen molar-refractivity contribution in [2.45, 2.75) is 27.7 Å². The van der Waals surface area contributed by atoms with E-state index in [4.69, 9.17) is 14.2 Å². The van der Waals surface area contributed by atoms with Crippen molar-refractivity contribution in [1.29, 1.82) is 0 Å². The van der Waals surface area contributed by atoms with Crippen LogP contribution in [0.25, 0.3) is 17.2 Å². The average Bonchev–Trinajstić information content (AvgIpc) is 2.89. The Bertz CT molecular complexity index is 1410. The van der Waals surface area contributed by atoms with Crippen LogP contribution in [0, 0.1) is 20.8 Å². The first kappa shape index (κ1) is 24.7. The third-order valence-electron chi connectivity index (χ3n) is 6.24. The molecular weight excluding hydrogens is 458 g/mol. The number of nitrogens with one attached hydrogen (secondary N) is 1. The first-order valence-corrected chi connectivity index (χ1v) is 11.5. The molecule has 0 radical (unpaired) electrons. The summed E-state index contributed by atoms with van der Waals surface area (Å²) < 4.78 is 16.4. The molecule has 1 aliphatic rings. The van der Waals surface area contributed by atoms with Crippen LogP contribution in [0.15, 0.2) is 54.1 Å². The second kappa shape index (κ2) is 10.1. The standard InChI is InChI=1S/C29H27NO6/c1-16-17(2)27-23(18(3)26(16)36-19(4)31)14-22(15-35-27)28(32)30-25-12-11-21(13-24(25)29(33)34-5)20-9-7-6-8-10-20/h6-14H,15H2,1-5H3,(H,30,32). The fraction of sp³-hybridized carbons (Fsp3) is 0.207. The Morgan fingerprint density at radius 2 is 1.64 bits per heavy atom. The van der Waals surface area contributed by atoms with Gasteiger partial charge >= 0.3 is 11.9 Å². The van der Waals surface area contributed by atoms with Crippen LogP contribution in [0.1, 0.15) is 39.5 Å². The van der Waals surface area contributed by atoms with E-state index in [1.54, 1.807) is 18.2 Å². The number of ether oxygens (including phenoxy) is 3. The lowest BCUT2D eigenvalue weighted by Crippen LogP contribution is -2.23. The lowest BCUT2D eigenvalue weighted by atomic mass is 9.94. The Morgan fingerprint density at radius 1 is 0.917 bits per heavy atom. The van der Waals surface area contributed by atoms with Crippen molar-refractivity contribution in [2.75, 3.05) is 19.0 Å². The molecule has 0 saturated carbocycles. The van der Waals surface area contributed by atoms with Crippen molar-refractivity contribution in [3.05, 3.63) is 81.9 Å². The van der Waals surface area contributed by atoms with E-state index in [2.05, 4.69) is 5.32 Å². The molecule has 0 spiro atoms. The minimum absolute atomic E-state index is 0.0567. The van der Waals surface area contributed by atoms with E-state index in [0.29, 0.717) is 33.9 Å². The van der Waals surface area contributed by atoms with Crippen LogP contribution in [0.3, 0.4) is 0 Å². The van der Waals surface area contributed by atoms with Gasteiger partial charge in [0.15, 0.2) is 0 Å². The fourth-order valence-corrected chi connectivity index (χ4v) is 4.21. The monoisotopic (exact) mass is 485 g/mol. The molecule has 0 fully saturated rings. The van der Waals surface area contributed by atoms with Crippen LogP contribution in [0.2, 0.25) is 0 Å². The number of anilines is 1. The maximum atomic E-state index is 13.2. The highest BCUT2D eigenvalue weighted by Crippen LogP contribution is 2.41. The van der Waals surface area contributed by atoms with Crippen molar-refractivity contribution in [1.82, 2.24) is 0 Å². The Morgan fingerprint density at radius 3 is 2.31 bits per heavy atom. The van der Waals surface area contributed by atoms with E-state index in [1.807, 2.05) is 57.2 Å². The normalized spacial score (nSPS) is 12.1. The van der Waals surface area contributed by atoms with Gasteiger partial charge in [0.1, 0.15) is 18.1 Å². The number of carbonyl (C=O) groups is 3. The molecule has 1 N–H and O–H groups in total. The second-order valence-corrected chi connectivity index (χ2v) is 8.57. The van der Waals surface area contributed by atoms with Crippen LogP contribution >= 0.6 is 0 Å². The Labute approximate surface area is 209 Å². The van der Waals surface area contributed by atoms with Crippen LogP contribution in [-0.2, 0) is 14.3 Å². The van der Waals surface area contributed by atoms with E-state index in [1.165, 1.54) is 14.0 Å². The molecule has 36 heavy (non-hydrogen) atoms. The molecule has 0 unspecified atom stereocenters. The highest BCUT2D eigenvalue weighted by Gasteiger charge is 2.26. The van der Waals surface area contributed by atoms with Crippen molar-refractivity contribution in [2.24, 2.45) is 0 Å². The molecule has 0 aromatic heterocycles. The predicted molar refractivity (Wildman–Crippen MR) is 137 cm³/mol. The first-order valence-electron chi connectivity index (χ1n) is 11.5. The first-order chi connectivity index (χ1) is 17.2. The summed E-state index contributed by atoms with van der Waals surface area (Å²) >= 11 is 0. The summed E-state index contributed by atoms with van der Waals surface area (Å²) in [5.74, 6) is -0.279. The van der Waals surface area contributed by atoms with Gasteiger partial charge in [-0.25, -0.2) is 4.79 Å². The number of carbonyl (C=O) groups excluding carboxylic acids is 3. The van der Waals surface area contributed by atoms with Gasteiger partial charge < -0.3 is 19.5 Å². The Hall–Kier alpha value is -4.39. The maximum absolute atomic E-state index is 13.2. The molecule has 1 aliphatic heterocycles. The quantitative estimate of drug-likeness (QED) is 0.384. The molecule has 1 amide bonds. The lowest BCUT2D eigenvalue weighted by molar-refractivity contribution is -0.132. The molecule has 7 heteroatoms. The largest absolute Gasteiger partial charge is 0.488 e. The predicted octanol–water partition coefficient (Wildman–Crippen LogP) is 5.41. The van der Waals surface area contributed by atoms with Crippen molar-refractivity contribution >= 4 is 29.6 Å². The summed E-state index contributed by atoms with van der Waals surface area (Å²) in [4.78, 5) is 37.4. The van der Waals surface area contributed by atoms with E-state index < -0.39 is 17.8 Å². The summed E-state index contributed by atoms with van der Waals surface area (Å²) in [5.41, 5.74) is 5.73. The number of esters is 2. The Balaban J connectivity index is 1.69. The third kappa shape index (κ3) is 4.73. The van der Waals surface area contributed by atoms with Gasteiger partial charge in [0.05, 0.1) is 23.9 Å². The van der Waals surface area contributed by atoms with Gasteiger partial charge in [0, 0.05) is 18.1 Å². The molecule has 0 saturated heterocycles. The number of rotatable bonds is 5. The number of hydrogen-bond acceptors (Lipinski definition) is 6. The van der Waals surface area contributed by atoms with Crippen LogP contribution < -0.4 is 14.8 Å². The smallest absolute Gasteiger partial charge is 0.339 e. The van der Waals surface area contributed by atoms with Crippen molar-refractivity contribution < 1.29 is 28.6 Å². The summed E-state index contributed by atoms with van der Waals surface area (Å²) in [5, 5.41) is 2.82. The topological polar surface area (TPSA) is 90.9 Å². The second-order valence-electron chi connectivity index (χ2n) is 8.57. The number of benzene rings is 3. The van der Waals surface area contributed by atoms with Gasteiger partial charge in [-0.3, -0.25) is 9.59 Å². The zero-order valence-electron chi connectivity index (χ0n) is 20.9. The fourth-order valence-electron chi connectivity index (χ4n) is 4.21. The molecule has 0 atom stereocenters. The average molecular weight is 486 g/mol. The summed E-state index contributed by atoms with van der Waals surface area (Å²) in [7, 11) is 1.30. The molecular formula is C29H27NO6. The van der Waals surface area contributed by atoms with Crippen LogP contribution in [0.4, 0.5) is 5.69 Å². The summed E-state index contributed by atoms with van der Waals surface area (Å²) in [6.45, 7) is 6.98. The number of amides is 1. The van der Waals surface area contributed by atoms with Gasteiger partial charge in [0.25, 0.3) is 5.91 Å². The number of fused-ring (bicyclic) bond motifs is 1. The maximum Gasteiger partial charge on any atom is 0.339 e. The van der Waals surface area contributed by atoms with Crippen molar-refractivity contribution in [3.8, 4) is 22.6 Å². The minimum atomic E-state index is -0.560. The molecule has 1 heterocycles. The third-order valence-corrected chi connectivity index (χ3v) is 6.24. The molecule has 184 valence electrons. The summed E-state index contributed by atoms with van der Waals surface area (Å²) in [6.07, 6.45) is 1.74. The number of methoxy groups -OCH3 is 1. The molecule has 0 aliphatic carbocycles. The van der Waals surface area contributed by atoms with Gasteiger partial charge in [-0.05, 0) is 61.2 Å². The molecule has 7 nitrogen and oxygen atoms in total. The van der Waals surface area contributed by atoms with E-state index >= 15 is 0 Å². The zero-order valence-corrected chi connectivity index (χ0v) is 20.9. The van der Waals surface area contributed by atoms with E-state index in [-0.39, 0.29) is 12.2 Å². The van der Waals surface area contributed by atoms with Gasteiger partial charge in [0.2, 0.25) is 0 Å². The molecule has 4 rings (SSSR count). The van der Waals surface area contributed by atoms with E-state index in [0.717, 1.165) is 22.3 Å². The van der Waals surface area contributed by atoms with E-state index in [9.17, 15) is 14.4 Å². The molecule has 0 bridgehead atoms. The molecule has 3 aromatic rings. The Kier molecular flexibility index (Phi) is 6.92. The molecule has 3 aromatic carbocycles. The highest BCUT2D eigenvalue weighted by atomic mass is 16.5. The number of hydrogen-bond donors (Lipinski definition) is 1. The lowest BCUT2D eigenvalue weighted by Gasteiger charge is -2.24. The van der Waals surface area contributed by atoms with Crippen molar-refractivity contribution in [3.63, 3.8) is 0 Å². The zero-order chi connectivity index (χ0) is 26.0. The van der Waals surface area contributed by atoms with Gasteiger partial charge in [-0.1, -0.05) is 36.4 Å². The van der Waals surface area contributed by atoms with Gasteiger partial charge in [-0.15, -0.1) is 0 Å². The van der Waals surface area contributed by atoms with Gasteiger partial charge in [-0.2, -0.15) is 0 Å². The van der Waals surface area contributed by atoms with Crippen LogP contribution in [0.5, 0.6) is 11.5 Å². The van der Waals surface area contributed by atoms with Crippen LogP contribution in [-0.4, -0.2) is 31.6 Å².